The third-order valence-electron chi connectivity index (χ3n) is 2.45. The van der Waals surface area contributed by atoms with Crippen molar-refractivity contribution in [2.24, 2.45) is 0 Å². The van der Waals surface area contributed by atoms with Gasteiger partial charge in [-0.3, -0.25) is 4.90 Å². The third-order valence-corrected chi connectivity index (χ3v) is 3.15. The number of rotatable bonds is 1. The number of hydrogen-bond acceptors (Lipinski definition) is 2. The fourth-order valence-electron chi connectivity index (χ4n) is 1.80. The summed E-state index contributed by atoms with van der Waals surface area (Å²) in [5, 5.41) is 4.44. The van der Waals surface area contributed by atoms with E-state index in [1.165, 1.54) is 24.9 Å². The maximum absolute atomic E-state index is 2.45. The van der Waals surface area contributed by atoms with Crippen molar-refractivity contribution in [1.82, 2.24) is 4.90 Å². The summed E-state index contributed by atoms with van der Waals surface area (Å²) in [5.74, 6) is 0. The van der Waals surface area contributed by atoms with Crippen LogP contribution in [0.3, 0.4) is 0 Å². The predicted molar refractivity (Wildman–Crippen MR) is 48.9 cm³/mol. The Labute approximate surface area is 71.7 Å². The van der Waals surface area contributed by atoms with Gasteiger partial charge in [-0.2, -0.15) is 11.3 Å². The highest BCUT2D eigenvalue weighted by molar-refractivity contribution is 7.07. The second kappa shape index (κ2) is 2.95. The van der Waals surface area contributed by atoms with E-state index in [4.69, 9.17) is 0 Å². The molecule has 1 aliphatic rings. The minimum Gasteiger partial charge on any atom is -0.299 e. The Bertz CT molecular complexity index is 217. The molecule has 11 heavy (non-hydrogen) atoms. The highest BCUT2D eigenvalue weighted by Gasteiger charge is 2.22. The Hall–Kier alpha value is -0.340. The maximum atomic E-state index is 2.45. The van der Waals surface area contributed by atoms with Crippen molar-refractivity contribution in [3.8, 4) is 0 Å². The van der Waals surface area contributed by atoms with E-state index in [0.717, 1.165) is 0 Å². The summed E-state index contributed by atoms with van der Waals surface area (Å²) in [6.45, 7) is 1.26. The van der Waals surface area contributed by atoms with Crippen LogP contribution >= 0.6 is 11.3 Å². The van der Waals surface area contributed by atoms with E-state index in [9.17, 15) is 0 Å². The van der Waals surface area contributed by atoms with Crippen LogP contribution in [0.5, 0.6) is 0 Å². The van der Waals surface area contributed by atoms with Gasteiger partial charge in [0.15, 0.2) is 0 Å². The van der Waals surface area contributed by atoms with Gasteiger partial charge in [0, 0.05) is 6.04 Å². The van der Waals surface area contributed by atoms with Gasteiger partial charge in [0.1, 0.15) is 0 Å². The summed E-state index contributed by atoms with van der Waals surface area (Å²) in [6.07, 6.45) is 2.70. The standard InChI is InChI=1S/C9H13NS/c1-10-5-2-3-9(10)8-4-6-11-7-8/h4,6-7,9H,2-3,5H2,1H3/t9-/m1/s1. The lowest BCUT2D eigenvalue weighted by molar-refractivity contribution is 0.318. The fraction of sp³-hybridized carbons (Fsp3) is 0.556. The van der Waals surface area contributed by atoms with E-state index in [1.807, 2.05) is 0 Å². The van der Waals surface area contributed by atoms with Gasteiger partial charge in [0.25, 0.3) is 0 Å². The molecule has 0 spiro atoms. The van der Waals surface area contributed by atoms with Crippen LogP contribution in [0.15, 0.2) is 16.8 Å². The molecule has 1 atom stereocenters. The molecule has 0 amide bonds. The van der Waals surface area contributed by atoms with Crippen LogP contribution in [-0.4, -0.2) is 18.5 Å². The average molecular weight is 167 g/mol. The molecule has 0 aromatic carbocycles. The molecular weight excluding hydrogens is 154 g/mol. The van der Waals surface area contributed by atoms with E-state index in [-0.39, 0.29) is 0 Å². The van der Waals surface area contributed by atoms with Crippen LogP contribution in [0.4, 0.5) is 0 Å². The van der Waals surface area contributed by atoms with Crippen molar-refractivity contribution in [1.29, 1.82) is 0 Å². The summed E-state index contributed by atoms with van der Waals surface area (Å²) in [5.41, 5.74) is 1.51. The molecule has 1 aliphatic heterocycles. The van der Waals surface area contributed by atoms with Crippen LogP contribution < -0.4 is 0 Å². The first kappa shape index (κ1) is 7.32. The van der Waals surface area contributed by atoms with Gasteiger partial charge in [-0.1, -0.05) is 0 Å². The lowest BCUT2D eigenvalue weighted by atomic mass is 10.1. The normalized spacial score (nSPS) is 26.1. The van der Waals surface area contributed by atoms with Crippen molar-refractivity contribution >= 4 is 11.3 Å². The summed E-state index contributed by atoms with van der Waals surface area (Å²) in [7, 11) is 2.22. The van der Waals surface area contributed by atoms with Crippen LogP contribution in [0.2, 0.25) is 0 Å². The smallest absolute Gasteiger partial charge is 0.0353 e. The molecule has 60 valence electrons. The zero-order valence-corrected chi connectivity index (χ0v) is 7.60. The van der Waals surface area contributed by atoms with E-state index in [2.05, 4.69) is 28.8 Å². The van der Waals surface area contributed by atoms with Crippen LogP contribution in [0.25, 0.3) is 0 Å². The molecule has 1 aromatic heterocycles. The lowest BCUT2D eigenvalue weighted by Gasteiger charge is -2.17. The molecule has 1 nitrogen and oxygen atoms in total. The molecule has 0 aliphatic carbocycles. The quantitative estimate of drug-likeness (QED) is 0.621. The van der Waals surface area contributed by atoms with Gasteiger partial charge >= 0.3 is 0 Å². The Morgan fingerprint density at radius 3 is 3.09 bits per heavy atom. The number of nitrogens with zero attached hydrogens (tertiary/aromatic N) is 1. The van der Waals surface area contributed by atoms with E-state index in [1.54, 1.807) is 11.3 Å². The van der Waals surface area contributed by atoms with E-state index in [0.29, 0.717) is 6.04 Å². The Morgan fingerprint density at radius 1 is 1.64 bits per heavy atom. The minimum atomic E-state index is 0.709. The topological polar surface area (TPSA) is 3.24 Å². The summed E-state index contributed by atoms with van der Waals surface area (Å²) in [4.78, 5) is 2.45. The molecule has 1 saturated heterocycles. The van der Waals surface area contributed by atoms with Crippen LogP contribution in [0.1, 0.15) is 24.4 Å². The zero-order chi connectivity index (χ0) is 7.68. The van der Waals surface area contributed by atoms with Gasteiger partial charge < -0.3 is 0 Å². The second-order valence-electron chi connectivity index (χ2n) is 3.20. The highest BCUT2D eigenvalue weighted by atomic mass is 32.1. The molecule has 1 aromatic rings. The molecule has 2 heteroatoms. The maximum Gasteiger partial charge on any atom is 0.0353 e. The summed E-state index contributed by atoms with van der Waals surface area (Å²) in [6, 6.07) is 2.96. The number of hydrogen-bond donors (Lipinski definition) is 0. The molecule has 0 saturated carbocycles. The number of likely N-dealkylation sites (tertiary alicyclic amines) is 1. The molecule has 1 fully saturated rings. The minimum absolute atomic E-state index is 0.709. The highest BCUT2D eigenvalue weighted by Crippen LogP contribution is 2.31. The van der Waals surface area contributed by atoms with Crippen molar-refractivity contribution in [3.63, 3.8) is 0 Å². The fourth-order valence-corrected chi connectivity index (χ4v) is 2.50. The molecule has 0 N–H and O–H groups in total. The SMILES string of the molecule is CN1CCC[C@@H]1c1ccsc1. The Morgan fingerprint density at radius 2 is 2.55 bits per heavy atom. The first-order chi connectivity index (χ1) is 5.38. The van der Waals surface area contributed by atoms with Crippen molar-refractivity contribution in [2.45, 2.75) is 18.9 Å². The second-order valence-corrected chi connectivity index (χ2v) is 3.98. The van der Waals surface area contributed by atoms with Crippen molar-refractivity contribution in [2.75, 3.05) is 13.6 Å². The lowest BCUT2D eigenvalue weighted by Crippen LogP contribution is -2.16. The largest absolute Gasteiger partial charge is 0.299 e. The Kier molecular flexibility index (Phi) is 1.96. The number of thiophene rings is 1. The van der Waals surface area contributed by atoms with Crippen LogP contribution in [0, 0.1) is 0 Å². The molecule has 2 rings (SSSR count). The monoisotopic (exact) mass is 167 g/mol. The molecule has 0 bridgehead atoms. The predicted octanol–water partition coefficient (Wildman–Crippen LogP) is 2.51. The van der Waals surface area contributed by atoms with Crippen molar-refractivity contribution < 1.29 is 0 Å². The van der Waals surface area contributed by atoms with Crippen molar-refractivity contribution in [3.05, 3.63) is 22.4 Å². The summed E-state index contributed by atoms with van der Waals surface area (Å²) >= 11 is 1.80. The molecular formula is C9H13NS. The average Bonchev–Trinajstić information content (AvgIpc) is 2.55. The van der Waals surface area contributed by atoms with Gasteiger partial charge in [0.05, 0.1) is 0 Å². The van der Waals surface area contributed by atoms with Gasteiger partial charge in [-0.05, 0) is 48.8 Å². The Balaban J connectivity index is 2.16. The first-order valence-electron chi connectivity index (χ1n) is 4.10. The van der Waals surface area contributed by atoms with Gasteiger partial charge in [0.2, 0.25) is 0 Å². The van der Waals surface area contributed by atoms with E-state index < -0.39 is 0 Å². The van der Waals surface area contributed by atoms with Crippen LogP contribution in [-0.2, 0) is 0 Å². The summed E-state index contributed by atoms with van der Waals surface area (Å²) < 4.78 is 0. The van der Waals surface area contributed by atoms with E-state index >= 15 is 0 Å². The zero-order valence-electron chi connectivity index (χ0n) is 6.79. The first-order valence-corrected chi connectivity index (χ1v) is 5.04. The molecule has 0 radical (unpaired) electrons. The van der Waals surface area contributed by atoms with Gasteiger partial charge in [-0.25, -0.2) is 0 Å². The molecule has 0 unspecified atom stereocenters. The van der Waals surface area contributed by atoms with Gasteiger partial charge in [-0.15, -0.1) is 0 Å². The third kappa shape index (κ3) is 1.33. The molecule has 2 heterocycles.